The summed E-state index contributed by atoms with van der Waals surface area (Å²) in [6.45, 7) is 2.65. The molecule has 0 saturated heterocycles. The van der Waals surface area contributed by atoms with E-state index in [-0.39, 0.29) is 0 Å². The molecule has 2 aromatic rings. The van der Waals surface area contributed by atoms with E-state index in [2.05, 4.69) is 21.0 Å². The highest BCUT2D eigenvalue weighted by Gasteiger charge is 2.15. The van der Waals surface area contributed by atoms with E-state index in [0.717, 1.165) is 21.3 Å². The van der Waals surface area contributed by atoms with E-state index >= 15 is 0 Å². The summed E-state index contributed by atoms with van der Waals surface area (Å²) in [7, 11) is 3.39. The summed E-state index contributed by atoms with van der Waals surface area (Å²) in [5.74, 6) is 1.25. The van der Waals surface area contributed by atoms with E-state index < -0.39 is 0 Å². The summed E-state index contributed by atoms with van der Waals surface area (Å²) in [5, 5.41) is 4.83. The molecule has 7 heteroatoms. The molecule has 5 nitrogen and oxygen atoms in total. The van der Waals surface area contributed by atoms with E-state index in [1.165, 1.54) is 0 Å². The average molecular weight is 375 g/mol. The van der Waals surface area contributed by atoms with Crippen LogP contribution >= 0.6 is 27.5 Å². The number of rotatable bonds is 5. The lowest BCUT2D eigenvalue weighted by atomic mass is 10.2. The fourth-order valence-electron chi connectivity index (χ4n) is 2.01. The van der Waals surface area contributed by atoms with Crippen molar-refractivity contribution in [3.05, 3.63) is 38.6 Å². The topological polar surface area (TPSA) is 62.3 Å². The maximum absolute atomic E-state index is 6.20. The van der Waals surface area contributed by atoms with Crippen molar-refractivity contribution >= 4 is 27.5 Å². The predicted molar refractivity (Wildman–Crippen MR) is 85.9 cm³/mol. The van der Waals surface area contributed by atoms with E-state index in [1.807, 2.05) is 19.1 Å². The highest BCUT2D eigenvalue weighted by Crippen LogP contribution is 2.37. The number of aromatic nitrogens is 2. The molecule has 0 spiro atoms. The summed E-state index contributed by atoms with van der Waals surface area (Å²) >= 11 is 9.68. The van der Waals surface area contributed by atoms with Gasteiger partial charge in [-0.2, -0.15) is 5.10 Å². The standard InChI is InChI=1S/C14H17BrClN3O2/c1-8-10(14(16)19(2)18-8)7-21-13-11(15)4-9(6-17)5-12(13)20-3/h4-5H,6-7,17H2,1-3H3. The smallest absolute Gasteiger partial charge is 0.175 e. The van der Waals surface area contributed by atoms with Gasteiger partial charge in [0.2, 0.25) is 0 Å². The molecule has 2 rings (SSSR count). The number of methoxy groups -OCH3 is 1. The van der Waals surface area contributed by atoms with Crippen molar-refractivity contribution in [2.24, 2.45) is 12.8 Å². The molecular weight excluding hydrogens is 358 g/mol. The van der Waals surface area contributed by atoms with Crippen LogP contribution in [0.3, 0.4) is 0 Å². The van der Waals surface area contributed by atoms with Crippen LogP contribution < -0.4 is 15.2 Å². The zero-order valence-electron chi connectivity index (χ0n) is 12.1. The molecule has 0 aliphatic heterocycles. The van der Waals surface area contributed by atoms with Gasteiger partial charge in [0.1, 0.15) is 11.8 Å². The van der Waals surface area contributed by atoms with Crippen molar-refractivity contribution in [1.82, 2.24) is 9.78 Å². The Bertz CT molecular complexity index is 658. The molecule has 2 N–H and O–H groups in total. The molecule has 0 amide bonds. The quantitative estimate of drug-likeness (QED) is 0.873. The molecule has 0 saturated carbocycles. The lowest BCUT2D eigenvalue weighted by Crippen LogP contribution is -2.02. The summed E-state index contributed by atoms with van der Waals surface area (Å²) in [5.41, 5.74) is 8.32. The molecular formula is C14H17BrClN3O2. The van der Waals surface area contributed by atoms with Crippen molar-refractivity contribution in [3.63, 3.8) is 0 Å². The van der Waals surface area contributed by atoms with Gasteiger partial charge in [0.15, 0.2) is 11.5 Å². The fourth-order valence-corrected chi connectivity index (χ4v) is 2.85. The number of halogens is 2. The monoisotopic (exact) mass is 373 g/mol. The van der Waals surface area contributed by atoms with Gasteiger partial charge in [0.25, 0.3) is 0 Å². The summed E-state index contributed by atoms with van der Waals surface area (Å²) < 4.78 is 13.6. The Morgan fingerprint density at radius 3 is 2.67 bits per heavy atom. The van der Waals surface area contributed by atoms with Crippen molar-refractivity contribution in [1.29, 1.82) is 0 Å². The van der Waals surface area contributed by atoms with Gasteiger partial charge in [-0.05, 0) is 40.5 Å². The van der Waals surface area contributed by atoms with Gasteiger partial charge in [-0.15, -0.1) is 0 Å². The molecule has 0 aliphatic rings. The van der Waals surface area contributed by atoms with Crippen LogP contribution in [0.15, 0.2) is 16.6 Å². The minimum absolute atomic E-state index is 0.315. The first-order chi connectivity index (χ1) is 9.97. The first-order valence-corrected chi connectivity index (χ1v) is 7.52. The highest BCUT2D eigenvalue weighted by molar-refractivity contribution is 9.10. The average Bonchev–Trinajstić information content (AvgIpc) is 2.70. The Morgan fingerprint density at radius 1 is 1.43 bits per heavy atom. The zero-order chi connectivity index (χ0) is 15.6. The summed E-state index contributed by atoms with van der Waals surface area (Å²) in [4.78, 5) is 0. The molecule has 0 atom stereocenters. The van der Waals surface area contributed by atoms with E-state index in [0.29, 0.717) is 29.8 Å². The number of hydrogen-bond acceptors (Lipinski definition) is 4. The second-order valence-electron chi connectivity index (χ2n) is 4.58. The largest absolute Gasteiger partial charge is 0.493 e. The first-order valence-electron chi connectivity index (χ1n) is 6.35. The molecule has 21 heavy (non-hydrogen) atoms. The Kier molecular flexibility index (Phi) is 5.13. The van der Waals surface area contributed by atoms with Gasteiger partial charge in [-0.1, -0.05) is 11.6 Å². The minimum atomic E-state index is 0.315. The van der Waals surface area contributed by atoms with E-state index in [1.54, 1.807) is 18.8 Å². The molecule has 0 radical (unpaired) electrons. The zero-order valence-corrected chi connectivity index (χ0v) is 14.5. The summed E-state index contributed by atoms with van der Waals surface area (Å²) in [6, 6.07) is 3.77. The maximum Gasteiger partial charge on any atom is 0.175 e. The number of benzene rings is 1. The first kappa shape index (κ1) is 16.1. The van der Waals surface area contributed by atoms with Gasteiger partial charge in [-0.3, -0.25) is 4.68 Å². The number of ether oxygens (including phenoxy) is 2. The maximum atomic E-state index is 6.20. The Balaban J connectivity index is 2.27. The van der Waals surface area contributed by atoms with Crippen LogP contribution in [-0.4, -0.2) is 16.9 Å². The lowest BCUT2D eigenvalue weighted by molar-refractivity contribution is 0.282. The molecule has 1 aromatic heterocycles. The molecule has 0 aliphatic carbocycles. The summed E-state index contributed by atoms with van der Waals surface area (Å²) in [6.07, 6.45) is 0. The van der Waals surface area contributed by atoms with Gasteiger partial charge in [0.05, 0.1) is 17.3 Å². The molecule has 0 fully saturated rings. The van der Waals surface area contributed by atoms with Gasteiger partial charge >= 0.3 is 0 Å². The van der Waals surface area contributed by atoms with E-state index in [4.69, 9.17) is 26.8 Å². The number of aryl methyl sites for hydroxylation is 2. The Labute approximate surface area is 137 Å². The van der Waals surface area contributed by atoms with Crippen molar-refractivity contribution in [2.75, 3.05) is 7.11 Å². The van der Waals surface area contributed by atoms with Gasteiger partial charge < -0.3 is 15.2 Å². The highest BCUT2D eigenvalue weighted by atomic mass is 79.9. The lowest BCUT2D eigenvalue weighted by Gasteiger charge is -2.14. The van der Waals surface area contributed by atoms with Crippen LogP contribution in [0.2, 0.25) is 5.15 Å². The van der Waals surface area contributed by atoms with E-state index in [9.17, 15) is 0 Å². The second-order valence-corrected chi connectivity index (χ2v) is 5.79. The van der Waals surface area contributed by atoms with Crippen molar-refractivity contribution < 1.29 is 9.47 Å². The second kappa shape index (κ2) is 6.68. The minimum Gasteiger partial charge on any atom is -0.493 e. The van der Waals surface area contributed by atoms with Crippen LogP contribution in [0.4, 0.5) is 0 Å². The van der Waals surface area contributed by atoms with Crippen LogP contribution in [0.1, 0.15) is 16.8 Å². The fraction of sp³-hybridized carbons (Fsp3) is 0.357. The van der Waals surface area contributed by atoms with Crippen LogP contribution in [0, 0.1) is 6.92 Å². The molecule has 114 valence electrons. The predicted octanol–water partition coefficient (Wildman–Crippen LogP) is 3.19. The van der Waals surface area contributed by atoms with Crippen LogP contribution in [0.25, 0.3) is 0 Å². The van der Waals surface area contributed by atoms with Crippen molar-refractivity contribution in [3.8, 4) is 11.5 Å². The third-order valence-electron chi connectivity index (χ3n) is 3.16. The van der Waals surface area contributed by atoms with Crippen molar-refractivity contribution in [2.45, 2.75) is 20.1 Å². The molecule has 1 aromatic carbocycles. The number of hydrogen-bond donors (Lipinski definition) is 1. The SMILES string of the molecule is COc1cc(CN)cc(Br)c1OCc1c(C)nn(C)c1Cl. The van der Waals surface area contributed by atoms with Gasteiger partial charge in [-0.25, -0.2) is 0 Å². The Morgan fingerprint density at radius 2 is 2.14 bits per heavy atom. The van der Waals surface area contributed by atoms with Gasteiger partial charge in [0, 0.05) is 19.2 Å². The molecule has 1 heterocycles. The normalized spacial score (nSPS) is 10.8. The number of nitrogens with two attached hydrogens (primary N) is 1. The molecule has 0 bridgehead atoms. The third-order valence-corrected chi connectivity index (χ3v) is 4.22. The van der Waals surface area contributed by atoms with Crippen LogP contribution in [-0.2, 0) is 20.2 Å². The van der Waals surface area contributed by atoms with Crippen LogP contribution in [0.5, 0.6) is 11.5 Å². The molecule has 0 unspecified atom stereocenters. The number of nitrogens with zero attached hydrogens (tertiary/aromatic N) is 2. The Hall–Kier alpha value is -1.24. The third kappa shape index (κ3) is 3.33.